The van der Waals surface area contributed by atoms with Gasteiger partial charge in [0.15, 0.2) is 11.6 Å². The number of hydrogen-bond acceptors (Lipinski definition) is 3. The Bertz CT molecular complexity index is 447. The molecule has 0 unspecified atom stereocenters. The van der Waals surface area contributed by atoms with Gasteiger partial charge < -0.3 is 15.4 Å². The van der Waals surface area contributed by atoms with Gasteiger partial charge in [-0.15, -0.1) is 0 Å². The first-order chi connectivity index (χ1) is 8.67. The van der Waals surface area contributed by atoms with E-state index in [9.17, 15) is 9.18 Å². The zero-order chi connectivity index (χ0) is 13.1. The molecule has 5 heteroatoms. The van der Waals surface area contributed by atoms with Crippen LogP contribution in [0.5, 0.6) is 5.75 Å². The lowest BCUT2D eigenvalue weighted by Gasteiger charge is -2.21. The zero-order valence-corrected chi connectivity index (χ0v) is 10.4. The van der Waals surface area contributed by atoms with Gasteiger partial charge in [-0.05, 0) is 31.0 Å². The molecule has 0 aromatic heterocycles. The normalized spacial score (nSPS) is 14.4. The molecule has 1 aliphatic carbocycles. The van der Waals surface area contributed by atoms with Gasteiger partial charge in [-0.2, -0.15) is 0 Å². The third-order valence-electron chi connectivity index (χ3n) is 3.02. The first-order valence-corrected chi connectivity index (χ1v) is 6.02. The molecule has 0 aliphatic heterocycles. The molecule has 0 spiro atoms. The molecule has 2 rings (SSSR count). The number of hydrogen-bond donors (Lipinski definition) is 1. The number of carbonyl (C=O) groups is 1. The standard InChI is InChI=1S/C13H17FN2O2/c1-18-12-5-2-9(8-11(12)14)13(17)16(7-6-15)10-3-4-10/h2,5,8,10H,3-4,6-7,15H2,1H3. The lowest BCUT2D eigenvalue weighted by atomic mass is 10.1. The van der Waals surface area contributed by atoms with Gasteiger partial charge in [-0.3, -0.25) is 4.79 Å². The van der Waals surface area contributed by atoms with E-state index in [1.54, 1.807) is 11.0 Å². The van der Waals surface area contributed by atoms with Crippen molar-refractivity contribution in [2.45, 2.75) is 18.9 Å². The highest BCUT2D eigenvalue weighted by molar-refractivity contribution is 5.94. The average Bonchev–Trinajstić information content (AvgIpc) is 3.19. The molecule has 1 aromatic carbocycles. The van der Waals surface area contributed by atoms with Crippen LogP contribution < -0.4 is 10.5 Å². The van der Waals surface area contributed by atoms with Crippen LogP contribution in [0.2, 0.25) is 0 Å². The fourth-order valence-corrected chi connectivity index (χ4v) is 1.94. The lowest BCUT2D eigenvalue weighted by Crippen LogP contribution is -2.37. The quantitative estimate of drug-likeness (QED) is 0.861. The van der Waals surface area contributed by atoms with Gasteiger partial charge in [0.1, 0.15) is 0 Å². The molecule has 18 heavy (non-hydrogen) atoms. The largest absolute Gasteiger partial charge is 0.494 e. The Morgan fingerprint density at radius 3 is 2.78 bits per heavy atom. The van der Waals surface area contributed by atoms with Gasteiger partial charge in [0.2, 0.25) is 0 Å². The highest BCUT2D eigenvalue weighted by Gasteiger charge is 2.32. The van der Waals surface area contributed by atoms with E-state index in [1.165, 1.54) is 19.2 Å². The van der Waals surface area contributed by atoms with Gasteiger partial charge in [0, 0.05) is 24.7 Å². The van der Waals surface area contributed by atoms with Crippen molar-refractivity contribution in [3.8, 4) is 5.75 Å². The fourth-order valence-electron chi connectivity index (χ4n) is 1.94. The fraction of sp³-hybridized carbons (Fsp3) is 0.462. The van der Waals surface area contributed by atoms with Crippen molar-refractivity contribution in [1.29, 1.82) is 0 Å². The molecule has 1 aliphatic rings. The van der Waals surface area contributed by atoms with Gasteiger partial charge in [0.25, 0.3) is 5.91 Å². The van der Waals surface area contributed by atoms with Crippen LogP contribution in [0.1, 0.15) is 23.2 Å². The molecule has 0 radical (unpaired) electrons. The number of benzene rings is 1. The second kappa shape index (κ2) is 5.35. The monoisotopic (exact) mass is 252 g/mol. The van der Waals surface area contributed by atoms with Crippen molar-refractivity contribution >= 4 is 5.91 Å². The predicted octanol–water partition coefficient (Wildman–Crippen LogP) is 1.40. The van der Waals surface area contributed by atoms with Gasteiger partial charge >= 0.3 is 0 Å². The molecule has 0 saturated heterocycles. The Labute approximate surface area is 106 Å². The van der Waals surface area contributed by atoms with Crippen LogP contribution in [0.25, 0.3) is 0 Å². The summed E-state index contributed by atoms with van der Waals surface area (Å²) < 4.78 is 18.4. The van der Waals surface area contributed by atoms with Crippen LogP contribution in [0, 0.1) is 5.82 Å². The number of ether oxygens (including phenoxy) is 1. The van der Waals surface area contributed by atoms with Crippen molar-refractivity contribution in [2.24, 2.45) is 5.73 Å². The Balaban J connectivity index is 2.18. The van der Waals surface area contributed by atoms with Gasteiger partial charge in [-0.25, -0.2) is 4.39 Å². The molecule has 1 saturated carbocycles. The topological polar surface area (TPSA) is 55.6 Å². The Morgan fingerprint density at radius 2 is 2.28 bits per heavy atom. The average molecular weight is 252 g/mol. The summed E-state index contributed by atoms with van der Waals surface area (Å²) in [6.45, 7) is 0.929. The zero-order valence-electron chi connectivity index (χ0n) is 10.4. The van der Waals surface area contributed by atoms with E-state index in [-0.39, 0.29) is 17.7 Å². The maximum Gasteiger partial charge on any atom is 0.254 e. The molecule has 1 amide bonds. The van der Waals surface area contributed by atoms with Crippen molar-refractivity contribution in [3.63, 3.8) is 0 Å². The van der Waals surface area contributed by atoms with Gasteiger partial charge in [0.05, 0.1) is 7.11 Å². The van der Waals surface area contributed by atoms with E-state index in [1.807, 2.05) is 0 Å². The summed E-state index contributed by atoms with van der Waals surface area (Å²) in [7, 11) is 1.39. The molecular formula is C13H17FN2O2. The van der Waals surface area contributed by atoms with Crippen molar-refractivity contribution < 1.29 is 13.9 Å². The summed E-state index contributed by atoms with van der Waals surface area (Å²) in [6, 6.07) is 4.53. The number of nitrogens with two attached hydrogens (primary N) is 1. The molecule has 1 fully saturated rings. The van der Waals surface area contributed by atoms with E-state index in [0.29, 0.717) is 18.7 Å². The van der Waals surface area contributed by atoms with E-state index in [0.717, 1.165) is 12.8 Å². The molecule has 0 atom stereocenters. The van der Waals surface area contributed by atoms with Crippen LogP contribution in [0.15, 0.2) is 18.2 Å². The van der Waals surface area contributed by atoms with Crippen molar-refractivity contribution in [1.82, 2.24) is 4.90 Å². The highest BCUT2D eigenvalue weighted by atomic mass is 19.1. The van der Waals surface area contributed by atoms with Crippen LogP contribution >= 0.6 is 0 Å². The van der Waals surface area contributed by atoms with E-state index < -0.39 is 5.82 Å². The molecule has 0 bridgehead atoms. The van der Waals surface area contributed by atoms with Crippen LogP contribution in [0.3, 0.4) is 0 Å². The van der Waals surface area contributed by atoms with E-state index in [4.69, 9.17) is 10.5 Å². The number of rotatable bonds is 5. The summed E-state index contributed by atoms with van der Waals surface area (Å²) >= 11 is 0. The summed E-state index contributed by atoms with van der Waals surface area (Å²) in [5.74, 6) is -0.542. The summed E-state index contributed by atoms with van der Waals surface area (Å²) in [4.78, 5) is 14.0. The second-order valence-corrected chi connectivity index (χ2v) is 4.37. The summed E-state index contributed by atoms with van der Waals surface area (Å²) in [5.41, 5.74) is 5.84. The number of amides is 1. The molecule has 98 valence electrons. The summed E-state index contributed by atoms with van der Waals surface area (Å²) in [6.07, 6.45) is 2.01. The Kier molecular flexibility index (Phi) is 3.81. The Hall–Kier alpha value is -1.62. The predicted molar refractivity (Wildman–Crippen MR) is 66.1 cm³/mol. The number of nitrogens with zero attached hydrogens (tertiary/aromatic N) is 1. The van der Waals surface area contributed by atoms with Crippen molar-refractivity contribution in [2.75, 3.05) is 20.2 Å². The van der Waals surface area contributed by atoms with E-state index >= 15 is 0 Å². The first-order valence-electron chi connectivity index (χ1n) is 6.02. The first kappa shape index (κ1) is 12.8. The van der Waals surface area contributed by atoms with Crippen LogP contribution in [-0.2, 0) is 0 Å². The molecule has 4 nitrogen and oxygen atoms in total. The molecule has 0 heterocycles. The highest BCUT2D eigenvalue weighted by Crippen LogP contribution is 2.28. The maximum absolute atomic E-state index is 13.6. The minimum absolute atomic E-state index is 0.142. The number of carbonyl (C=O) groups excluding carboxylic acids is 1. The minimum Gasteiger partial charge on any atom is -0.494 e. The lowest BCUT2D eigenvalue weighted by molar-refractivity contribution is 0.0747. The molecule has 2 N–H and O–H groups in total. The minimum atomic E-state index is -0.521. The maximum atomic E-state index is 13.6. The van der Waals surface area contributed by atoms with Gasteiger partial charge in [-0.1, -0.05) is 0 Å². The smallest absolute Gasteiger partial charge is 0.254 e. The van der Waals surface area contributed by atoms with Crippen LogP contribution in [-0.4, -0.2) is 37.0 Å². The third kappa shape index (κ3) is 2.61. The van der Waals surface area contributed by atoms with E-state index in [2.05, 4.69) is 0 Å². The van der Waals surface area contributed by atoms with Crippen molar-refractivity contribution in [3.05, 3.63) is 29.6 Å². The second-order valence-electron chi connectivity index (χ2n) is 4.37. The third-order valence-corrected chi connectivity index (χ3v) is 3.02. The Morgan fingerprint density at radius 1 is 1.56 bits per heavy atom. The number of methoxy groups -OCH3 is 1. The molecule has 1 aromatic rings. The SMILES string of the molecule is COc1ccc(C(=O)N(CCN)C2CC2)cc1F. The summed E-state index contributed by atoms with van der Waals surface area (Å²) in [5, 5.41) is 0. The molecular weight excluding hydrogens is 235 g/mol. The van der Waals surface area contributed by atoms with Crippen LogP contribution in [0.4, 0.5) is 4.39 Å². The number of halogens is 1.